The first kappa shape index (κ1) is 37.1. The van der Waals surface area contributed by atoms with Gasteiger partial charge in [-0.05, 0) is 50.6 Å². The molecule has 1 aliphatic heterocycles. The second-order valence-corrected chi connectivity index (χ2v) is 14.7. The van der Waals surface area contributed by atoms with E-state index in [1.807, 2.05) is 72.8 Å². The second-order valence-electron chi connectivity index (χ2n) is 14.7. The smallest absolute Gasteiger partial charge is 0.304 e. The predicted octanol–water partition coefficient (Wildman–Crippen LogP) is 10.7. The van der Waals surface area contributed by atoms with Crippen molar-refractivity contribution in [2.75, 3.05) is 15.8 Å². The van der Waals surface area contributed by atoms with Crippen molar-refractivity contribution in [1.82, 2.24) is 10.5 Å². The summed E-state index contributed by atoms with van der Waals surface area (Å²) in [6.07, 6.45) is -0.135. The van der Waals surface area contributed by atoms with Crippen LogP contribution >= 0.6 is 0 Å². The maximum atomic E-state index is 12.8. The number of hydrogen-bond acceptors (Lipinski definition) is 6. The van der Waals surface area contributed by atoms with Crippen LogP contribution in [0.25, 0.3) is 0 Å². The van der Waals surface area contributed by atoms with Crippen LogP contribution in [0.2, 0.25) is 0 Å². The van der Waals surface area contributed by atoms with Crippen molar-refractivity contribution in [3.63, 3.8) is 0 Å². The van der Waals surface area contributed by atoms with Gasteiger partial charge in [-0.2, -0.15) is 0 Å². The highest BCUT2D eigenvalue weighted by Crippen LogP contribution is 2.50. The molecule has 0 unspecified atom stereocenters. The van der Waals surface area contributed by atoms with Crippen LogP contribution in [0.1, 0.15) is 56.8 Å². The standard InChI is InChI=1S/C52H43N5O2/c58-48(59)37-45(38-22-8-1-9-23-38)46-36-47(54-51(39-24-10-2-11-25-39,40-26-12-3-13-27-40)41-28-14-4-15-29-41)53-50-49(46)55-56-57(50)52(42-30-16-5-17-31-42,43-32-18-6-19-33-43)44-34-20-7-21-35-44/h1-36,45,55-56H,37H2,(H,53,54)(H,58,59)/t45-/m1/s1. The highest BCUT2D eigenvalue weighted by atomic mass is 16.4. The Balaban J connectivity index is 1.36. The maximum Gasteiger partial charge on any atom is 0.304 e. The van der Waals surface area contributed by atoms with Crippen LogP contribution in [0.15, 0.2) is 218 Å². The Morgan fingerprint density at radius 2 is 0.932 bits per heavy atom. The van der Waals surface area contributed by atoms with Crippen LogP contribution in [-0.2, 0) is 15.9 Å². The van der Waals surface area contributed by atoms with Gasteiger partial charge in [0.2, 0.25) is 0 Å². The van der Waals surface area contributed by atoms with Crippen molar-refractivity contribution >= 4 is 23.3 Å². The summed E-state index contributed by atoms with van der Waals surface area (Å²) in [5, 5.41) is 16.6. The lowest BCUT2D eigenvalue weighted by Gasteiger charge is -2.43. The maximum absolute atomic E-state index is 12.8. The lowest BCUT2D eigenvalue weighted by molar-refractivity contribution is -0.137. The van der Waals surface area contributed by atoms with Crippen LogP contribution in [-0.4, -0.2) is 16.1 Å². The number of carbonyl (C=O) groups is 1. The zero-order valence-electron chi connectivity index (χ0n) is 32.3. The number of fused-ring (bicyclic) bond motifs is 1. The third kappa shape index (κ3) is 6.77. The molecule has 7 heteroatoms. The van der Waals surface area contributed by atoms with Crippen LogP contribution in [0.5, 0.6) is 0 Å². The summed E-state index contributed by atoms with van der Waals surface area (Å²) in [6, 6.07) is 74.4. The second kappa shape index (κ2) is 16.2. The molecule has 1 aromatic heterocycles. The Bertz CT molecular complexity index is 2440. The summed E-state index contributed by atoms with van der Waals surface area (Å²) >= 11 is 0. The minimum absolute atomic E-state index is 0.135. The van der Waals surface area contributed by atoms with Crippen molar-refractivity contribution in [3.05, 3.63) is 263 Å². The number of benzene rings is 7. The van der Waals surface area contributed by atoms with Crippen LogP contribution in [0.4, 0.5) is 17.3 Å². The van der Waals surface area contributed by atoms with Gasteiger partial charge in [-0.1, -0.05) is 212 Å². The number of pyridine rings is 1. The predicted molar refractivity (Wildman–Crippen MR) is 236 cm³/mol. The number of aliphatic carboxylic acids is 1. The van der Waals surface area contributed by atoms with Gasteiger partial charge in [0.1, 0.15) is 16.9 Å². The van der Waals surface area contributed by atoms with Gasteiger partial charge in [0.05, 0.1) is 12.1 Å². The Labute approximate surface area is 344 Å². The normalized spacial score (nSPS) is 12.9. The van der Waals surface area contributed by atoms with E-state index < -0.39 is 23.0 Å². The highest BCUT2D eigenvalue weighted by molar-refractivity contribution is 5.82. The minimum atomic E-state index is -0.949. The van der Waals surface area contributed by atoms with Crippen molar-refractivity contribution in [3.8, 4) is 0 Å². The number of hydrazine groups is 2. The van der Waals surface area contributed by atoms with Gasteiger partial charge in [0.25, 0.3) is 0 Å². The molecular weight excluding hydrogens is 727 g/mol. The number of anilines is 3. The summed E-state index contributed by atoms with van der Waals surface area (Å²) < 4.78 is 0. The number of hydrogen-bond donors (Lipinski definition) is 4. The van der Waals surface area contributed by atoms with Crippen LogP contribution in [0, 0.1) is 0 Å². The third-order valence-electron chi connectivity index (χ3n) is 11.3. The molecule has 4 N–H and O–H groups in total. The number of nitrogens with zero attached hydrogens (tertiary/aromatic N) is 2. The number of carboxylic acids is 1. The van der Waals surface area contributed by atoms with E-state index in [4.69, 9.17) is 4.98 Å². The molecule has 7 aromatic carbocycles. The van der Waals surface area contributed by atoms with Gasteiger partial charge in [-0.25, -0.2) is 4.98 Å². The lowest BCUT2D eigenvalue weighted by atomic mass is 9.76. The Morgan fingerprint density at radius 1 is 0.559 bits per heavy atom. The third-order valence-corrected chi connectivity index (χ3v) is 11.3. The van der Waals surface area contributed by atoms with Gasteiger partial charge in [-0.15, -0.1) is 5.53 Å². The zero-order chi connectivity index (χ0) is 40.1. The largest absolute Gasteiger partial charge is 0.481 e. The summed E-state index contributed by atoms with van der Waals surface area (Å²) in [6.45, 7) is 0. The Kier molecular flexibility index (Phi) is 10.2. The molecule has 7 nitrogen and oxygen atoms in total. The summed E-state index contributed by atoms with van der Waals surface area (Å²) in [4.78, 5) is 18.4. The van der Waals surface area contributed by atoms with Gasteiger partial charge in [0.15, 0.2) is 5.82 Å². The van der Waals surface area contributed by atoms with Crippen molar-refractivity contribution in [2.45, 2.75) is 23.4 Å². The Morgan fingerprint density at radius 3 is 1.32 bits per heavy atom. The Hall–Kier alpha value is -7.48. The van der Waals surface area contributed by atoms with Crippen LogP contribution < -0.4 is 21.3 Å². The molecule has 0 bridgehead atoms. The molecule has 9 rings (SSSR count). The van der Waals surface area contributed by atoms with Crippen molar-refractivity contribution < 1.29 is 9.90 Å². The molecule has 0 saturated heterocycles. The van der Waals surface area contributed by atoms with E-state index in [9.17, 15) is 9.90 Å². The average Bonchev–Trinajstić information content (AvgIpc) is 3.74. The molecule has 1 atom stereocenters. The average molecular weight is 770 g/mol. The lowest BCUT2D eigenvalue weighted by Crippen LogP contribution is -2.54. The molecule has 2 heterocycles. The molecular formula is C52H43N5O2. The SMILES string of the molecule is O=C(O)C[C@H](c1ccccc1)c1cc(NC(c2ccccc2)(c2ccccc2)c2ccccc2)nc2c1NNN2C(c1ccccc1)(c1ccccc1)c1ccccc1. The van der Waals surface area contributed by atoms with E-state index in [0.29, 0.717) is 17.3 Å². The molecule has 0 fully saturated rings. The quantitative estimate of drug-likeness (QED) is 0.0869. The fourth-order valence-electron chi connectivity index (χ4n) is 8.75. The molecule has 0 spiro atoms. The number of nitrogens with one attached hydrogen (secondary N) is 3. The summed E-state index contributed by atoms with van der Waals surface area (Å²) in [5.74, 6) is -0.253. The number of rotatable bonds is 13. The zero-order valence-corrected chi connectivity index (χ0v) is 32.3. The first-order chi connectivity index (χ1) is 29.1. The van der Waals surface area contributed by atoms with Crippen molar-refractivity contribution in [2.24, 2.45) is 0 Å². The van der Waals surface area contributed by atoms with Gasteiger partial charge in [-0.3, -0.25) is 15.2 Å². The van der Waals surface area contributed by atoms with E-state index >= 15 is 0 Å². The molecule has 0 aliphatic carbocycles. The summed E-state index contributed by atoms with van der Waals surface area (Å²) in [7, 11) is 0. The van der Waals surface area contributed by atoms with E-state index in [2.05, 4.69) is 167 Å². The monoisotopic (exact) mass is 769 g/mol. The number of carboxylic acid groups (broad SMARTS) is 1. The molecule has 288 valence electrons. The van der Waals surface area contributed by atoms with E-state index in [1.54, 1.807) is 0 Å². The minimum Gasteiger partial charge on any atom is -0.481 e. The fraction of sp³-hybridized carbons (Fsp3) is 0.0769. The molecule has 0 amide bonds. The topological polar surface area (TPSA) is 89.5 Å². The first-order valence-corrected chi connectivity index (χ1v) is 19.8. The van der Waals surface area contributed by atoms with Gasteiger partial charge in [0, 0.05) is 5.92 Å². The fourth-order valence-corrected chi connectivity index (χ4v) is 8.75. The highest BCUT2D eigenvalue weighted by Gasteiger charge is 2.48. The van der Waals surface area contributed by atoms with E-state index in [1.165, 1.54) is 0 Å². The number of aromatic nitrogens is 1. The molecule has 8 aromatic rings. The van der Waals surface area contributed by atoms with Gasteiger partial charge < -0.3 is 10.4 Å². The molecule has 59 heavy (non-hydrogen) atoms. The van der Waals surface area contributed by atoms with Crippen molar-refractivity contribution in [1.29, 1.82) is 0 Å². The molecule has 0 saturated carbocycles. The van der Waals surface area contributed by atoms with E-state index in [0.717, 1.165) is 44.5 Å². The summed E-state index contributed by atoms with van der Waals surface area (Å²) in [5.41, 5.74) is 13.7. The van der Waals surface area contributed by atoms with Gasteiger partial charge >= 0.3 is 5.97 Å². The molecule has 1 aliphatic rings. The van der Waals surface area contributed by atoms with E-state index in [-0.39, 0.29) is 6.42 Å². The van der Waals surface area contributed by atoms with Crippen LogP contribution in [0.3, 0.4) is 0 Å². The first-order valence-electron chi connectivity index (χ1n) is 19.8. The molecule has 0 radical (unpaired) electrons.